The quantitative estimate of drug-likeness (QED) is 0.780. The molecule has 3 nitrogen and oxygen atoms in total. The van der Waals surface area contributed by atoms with Gasteiger partial charge < -0.3 is 4.74 Å². The van der Waals surface area contributed by atoms with Crippen LogP contribution >= 0.6 is 0 Å². The Kier molecular flexibility index (Phi) is 2.95. The van der Waals surface area contributed by atoms with Gasteiger partial charge in [-0.05, 0) is 24.6 Å². The van der Waals surface area contributed by atoms with Crippen molar-refractivity contribution >= 4 is 17.3 Å². The standard InChI is InChI=1S/C17H12O3/c1-11-13-9-5-6-10-14(13)15(18)16(11)20-17(19)12-7-3-2-4-8-12/h2-10H,1H3. The van der Waals surface area contributed by atoms with E-state index in [1.54, 1.807) is 43.3 Å². The lowest BCUT2D eigenvalue weighted by molar-refractivity contribution is 0.0594. The summed E-state index contributed by atoms with van der Waals surface area (Å²) in [4.78, 5) is 24.3. The van der Waals surface area contributed by atoms with Crippen molar-refractivity contribution in [3.8, 4) is 0 Å². The van der Waals surface area contributed by atoms with Crippen molar-refractivity contribution in [1.29, 1.82) is 0 Å². The van der Waals surface area contributed by atoms with Gasteiger partial charge in [-0.2, -0.15) is 0 Å². The summed E-state index contributed by atoms with van der Waals surface area (Å²) in [6, 6.07) is 15.9. The van der Waals surface area contributed by atoms with E-state index in [-0.39, 0.29) is 11.5 Å². The molecule has 1 aliphatic carbocycles. The second kappa shape index (κ2) is 4.78. The molecule has 98 valence electrons. The third kappa shape index (κ3) is 1.93. The molecule has 0 atom stereocenters. The monoisotopic (exact) mass is 264 g/mol. The molecule has 0 bridgehead atoms. The third-order valence-electron chi connectivity index (χ3n) is 3.33. The summed E-state index contributed by atoms with van der Waals surface area (Å²) in [5.41, 5.74) is 2.54. The minimum Gasteiger partial charge on any atom is -0.418 e. The van der Waals surface area contributed by atoms with Crippen molar-refractivity contribution < 1.29 is 14.3 Å². The van der Waals surface area contributed by atoms with Gasteiger partial charge in [-0.3, -0.25) is 4.79 Å². The van der Waals surface area contributed by atoms with Crippen LogP contribution in [-0.2, 0) is 4.74 Å². The van der Waals surface area contributed by atoms with Gasteiger partial charge in [0.25, 0.3) is 0 Å². The van der Waals surface area contributed by atoms with Gasteiger partial charge in [-0.15, -0.1) is 0 Å². The van der Waals surface area contributed by atoms with E-state index in [1.807, 2.05) is 18.2 Å². The van der Waals surface area contributed by atoms with Crippen LogP contribution in [0.5, 0.6) is 0 Å². The number of rotatable bonds is 2. The molecule has 0 amide bonds. The van der Waals surface area contributed by atoms with E-state index in [0.717, 1.165) is 5.56 Å². The largest absolute Gasteiger partial charge is 0.418 e. The summed E-state index contributed by atoms with van der Waals surface area (Å²) in [6.45, 7) is 1.79. The zero-order valence-electron chi connectivity index (χ0n) is 10.9. The normalized spacial score (nSPS) is 13.3. The van der Waals surface area contributed by atoms with Crippen LogP contribution in [0.1, 0.15) is 33.2 Å². The SMILES string of the molecule is CC1=C(OC(=O)c2ccccc2)C(=O)c2ccccc21. The number of Topliss-reactive ketones (excluding diaryl/α,β-unsaturated/α-hetero) is 1. The van der Waals surface area contributed by atoms with Gasteiger partial charge in [0.05, 0.1) is 5.56 Å². The number of carbonyl (C=O) groups is 2. The first kappa shape index (κ1) is 12.4. The van der Waals surface area contributed by atoms with Gasteiger partial charge in [0.1, 0.15) is 0 Å². The van der Waals surface area contributed by atoms with Crippen LogP contribution in [0, 0.1) is 0 Å². The first-order valence-electron chi connectivity index (χ1n) is 6.30. The molecule has 0 heterocycles. The van der Waals surface area contributed by atoms with E-state index in [1.165, 1.54) is 0 Å². The topological polar surface area (TPSA) is 43.4 Å². The van der Waals surface area contributed by atoms with Crippen molar-refractivity contribution in [3.05, 3.63) is 77.0 Å². The third-order valence-corrected chi connectivity index (χ3v) is 3.33. The molecule has 0 spiro atoms. The molecule has 3 heteroatoms. The van der Waals surface area contributed by atoms with Gasteiger partial charge in [-0.1, -0.05) is 42.5 Å². The lowest BCUT2D eigenvalue weighted by Crippen LogP contribution is -2.10. The summed E-state index contributed by atoms with van der Waals surface area (Å²) in [5, 5.41) is 0. The molecule has 3 rings (SSSR count). The smallest absolute Gasteiger partial charge is 0.343 e. The van der Waals surface area contributed by atoms with E-state index >= 15 is 0 Å². The predicted octanol–water partition coefficient (Wildman–Crippen LogP) is 3.47. The molecule has 1 aliphatic rings. The van der Waals surface area contributed by atoms with E-state index in [0.29, 0.717) is 16.7 Å². The molecule has 0 radical (unpaired) electrons. The molecule has 20 heavy (non-hydrogen) atoms. The van der Waals surface area contributed by atoms with Gasteiger partial charge in [-0.25, -0.2) is 4.79 Å². The number of ether oxygens (including phenoxy) is 1. The molecule has 0 fully saturated rings. The fourth-order valence-corrected chi connectivity index (χ4v) is 2.27. The average Bonchev–Trinajstić information content (AvgIpc) is 2.74. The Morgan fingerprint density at radius 2 is 1.50 bits per heavy atom. The van der Waals surface area contributed by atoms with Crippen molar-refractivity contribution in [2.24, 2.45) is 0 Å². The molecule has 0 saturated heterocycles. The average molecular weight is 264 g/mol. The number of hydrogen-bond donors (Lipinski definition) is 0. The maximum Gasteiger partial charge on any atom is 0.343 e. The summed E-state index contributed by atoms with van der Waals surface area (Å²) in [7, 11) is 0. The molecule has 0 saturated carbocycles. The molecule has 0 N–H and O–H groups in total. The number of benzene rings is 2. The maximum atomic E-state index is 12.2. The van der Waals surface area contributed by atoms with Crippen LogP contribution < -0.4 is 0 Å². The highest BCUT2D eigenvalue weighted by Crippen LogP contribution is 2.33. The minimum absolute atomic E-state index is 0.125. The summed E-state index contributed by atoms with van der Waals surface area (Å²) in [6.07, 6.45) is 0. The first-order valence-corrected chi connectivity index (χ1v) is 6.30. The van der Waals surface area contributed by atoms with Crippen LogP contribution in [-0.4, -0.2) is 11.8 Å². The lowest BCUT2D eigenvalue weighted by Gasteiger charge is -2.05. The van der Waals surface area contributed by atoms with Crippen LogP contribution in [0.3, 0.4) is 0 Å². The molecule has 2 aromatic carbocycles. The molecular weight excluding hydrogens is 252 g/mol. The van der Waals surface area contributed by atoms with Crippen LogP contribution in [0.4, 0.5) is 0 Å². The highest BCUT2D eigenvalue weighted by atomic mass is 16.5. The van der Waals surface area contributed by atoms with Crippen molar-refractivity contribution in [2.45, 2.75) is 6.92 Å². The number of ketones is 1. The van der Waals surface area contributed by atoms with E-state index < -0.39 is 5.97 Å². The number of esters is 1. The summed E-state index contributed by atoms with van der Waals surface area (Å²) in [5.74, 6) is -0.622. The van der Waals surface area contributed by atoms with Gasteiger partial charge >= 0.3 is 5.97 Å². The Hall–Kier alpha value is -2.68. The zero-order chi connectivity index (χ0) is 14.1. The Morgan fingerprint density at radius 3 is 2.15 bits per heavy atom. The number of hydrogen-bond acceptors (Lipinski definition) is 3. The second-order valence-electron chi connectivity index (χ2n) is 4.58. The highest BCUT2D eigenvalue weighted by Gasteiger charge is 2.30. The minimum atomic E-state index is -0.513. The van der Waals surface area contributed by atoms with Gasteiger partial charge in [0.2, 0.25) is 5.78 Å². The molecule has 2 aromatic rings. The van der Waals surface area contributed by atoms with E-state index in [2.05, 4.69) is 0 Å². The Bertz CT molecular complexity index is 727. The fraction of sp³-hybridized carbons (Fsp3) is 0.0588. The van der Waals surface area contributed by atoms with E-state index in [4.69, 9.17) is 4.74 Å². The Balaban J connectivity index is 1.92. The highest BCUT2D eigenvalue weighted by molar-refractivity contribution is 6.20. The zero-order valence-corrected chi connectivity index (χ0v) is 10.9. The lowest BCUT2D eigenvalue weighted by atomic mass is 10.1. The van der Waals surface area contributed by atoms with Gasteiger partial charge in [0.15, 0.2) is 5.76 Å². The van der Waals surface area contributed by atoms with Crippen LogP contribution in [0.15, 0.2) is 60.4 Å². The molecule has 0 unspecified atom stereocenters. The predicted molar refractivity (Wildman–Crippen MR) is 75.2 cm³/mol. The molecule has 0 aromatic heterocycles. The number of fused-ring (bicyclic) bond motifs is 1. The van der Waals surface area contributed by atoms with Crippen LogP contribution in [0.2, 0.25) is 0 Å². The van der Waals surface area contributed by atoms with E-state index in [9.17, 15) is 9.59 Å². The van der Waals surface area contributed by atoms with Crippen LogP contribution in [0.25, 0.3) is 5.57 Å². The number of carbonyl (C=O) groups excluding carboxylic acids is 2. The Morgan fingerprint density at radius 1 is 0.900 bits per heavy atom. The van der Waals surface area contributed by atoms with Gasteiger partial charge in [0, 0.05) is 11.1 Å². The van der Waals surface area contributed by atoms with Crippen molar-refractivity contribution in [2.75, 3.05) is 0 Å². The fourth-order valence-electron chi connectivity index (χ4n) is 2.27. The van der Waals surface area contributed by atoms with Crippen molar-refractivity contribution in [3.63, 3.8) is 0 Å². The van der Waals surface area contributed by atoms with Crippen molar-refractivity contribution in [1.82, 2.24) is 0 Å². The molecule has 0 aliphatic heterocycles. The summed E-state index contributed by atoms with van der Waals surface area (Å²) >= 11 is 0. The maximum absolute atomic E-state index is 12.2. The summed E-state index contributed by atoms with van der Waals surface area (Å²) < 4.78 is 5.30. The Labute approximate surface area is 116 Å². The first-order chi connectivity index (χ1) is 9.68. The molecular formula is C17H12O3. The second-order valence-corrected chi connectivity index (χ2v) is 4.58. The number of allylic oxidation sites excluding steroid dienone is 2.